The number of hydrogen-bond donors (Lipinski definition) is 5. The van der Waals surface area contributed by atoms with Crippen molar-refractivity contribution >= 4 is 28.3 Å². The van der Waals surface area contributed by atoms with Crippen LogP contribution in [0.1, 0.15) is 22.8 Å². The molecule has 6 aromatic rings. The molecule has 0 aliphatic rings. The number of aromatic nitrogens is 1. The normalized spacial score (nSPS) is 11.6. The quantitative estimate of drug-likeness (QED) is 0.0918. The molecular formula is C39H36N4O4. The molecule has 0 aliphatic heterocycles. The van der Waals surface area contributed by atoms with Gasteiger partial charge in [-0.2, -0.15) is 0 Å². The summed E-state index contributed by atoms with van der Waals surface area (Å²) in [6, 6.07) is 41.8. The number of fused-ring (bicyclic) bond motifs is 1. The van der Waals surface area contributed by atoms with E-state index in [1.807, 2.05) is 115 Å². The van der Waals surface area contributed by atoms with E-state index in [2.05, 4.69) is 20.9 Å². The fourth-order valence-corrected chi connectivity index (χ4v) is 5.45. The molecule has 8 heteroatoms. The highest BCUT2D eigenvalue weighted by Gasteiger charge is 2.15. The Kier molecular flexibility index (Phi) is 10.0. The van der Waals surface area contributed by atoms with Gasteiger partial charge in [0, 0.05) is 29.4 Å². The fraction of sp³-hybridized carbons (Fsp3) is 0.128. The SMILES string of the molecule is O=C(Nc1ccc(-c2ccccc2)cc1)Nc1cccc(CCNC[C@@H](O)c2ccc(OCc3ccccc3)c3[nH]c(=O)ccc23)c1. The number of benzene rings is 5. The number of hydrogen-bond acceptors (Lipinski definition) is 5. The lowest BCUT2D eigenvalue weighted by molar-refractivity contribution is 0.176. The number of pyridine rings is 1. The van der Waals surface area contributed by atoms with Gasteiger partial charge in [0.1, 0.15) is 12.4 Å². The van der Waals surface area contributed by atoms with Crippen molar-refractivity contribution < 1.29 is 14.6 Å². The number of carbonyl (C=O) groups excluding carboxylic acids is 1. The minimum absolute atomic E-state index is 0.237. The van der Waals surface area contributed by atoms with E-state index in [-0.39, 0.29) is 11.6 Å². The molecule has 1 atom stereocenters. The maximum atomic E-state index is 12.7. The maximum Gasteiger partial charge on any atom is 0.323 e. The van der Waals surface area contributed by atoms with E-state index in [1.165, 1.54) is 6.07 Å². The van der Waals surface area contributed by atoms with Crippen LogP contribution in [0.5, 0.6) is 5.75 Å². The van der Waals surface area contributed by atoms with E-state index in [0.29, 0.717) is 54.3 Å². The number of aromatic amines is 1. The van der Waals surface area contributed by atoms with Crippen LogP contribution >= 0.6 is 0 Å². The molecule has 0 aliphatic carbocycles. The third-order valence-corrected chi connectivity index (χ3v) is 7.85. The number of urea groups is 1. The minimum Gasteiger partial charge on any atom is -0.487 e. The number of H-pyrrole nitrogens is 1. The van der Waals surface area contributed by atoms with Crippen LogP contribution in [0.15, 0.2) is 138 Å². The van der Waals surface area contributed by atoms with Crippen LogP contribution in [0, 0.1) is 0 Å². The Morgan fingerprint density at radius 1 is 0.723 bits per heavy atom. The Hall–Kier alpha value is -5.70. The van der Waals surface area contributed by atoms with Gasteiger partial charge in [0.15, 0.2) is 0 Å². The maximum absolute atomic E-state index is 12.7. The lowest BCUT2D eigenvalue weighted by atomic mass is 10.0. The zero-order chi connectivity index (χ0) is 32.4. The molecule has 8 nitrogen and oxygen atoms in total. The molecule has 0 saturated heterocycles. The second-order valence-corrected chi connectivity index (χ2v) is 11.2. The lowest BCUT2D eigenvalue weighted by Gasteiger charge is -2.17. The van der Waals surface area contributed by atoms with Crippen molar-refractivity contribution in [2.24, 2.45) is 0 Å². The van der Waals surface area contributed by atoms with Crippen LogP contribution in [-0.2, 0) is 13.0 Å². The van der Waals surface area contributed by atoms with E-state index in [1.54, 1.807) is 12.1 Å². The molecule has 0 radical (unpaired) electrons. The molecule has 1 heterocycles. The third kappa shape index (κ3) is 8.32. The number of aliphatic hydroxyl groups excluding tert-OH is 1. The summed E-state index contributed by atoms with van der Waals surface area (Å²) in [4.78, 5) is 27.7. The van der Waals surface area contributed by atoms with Crippen molar-refractivity contribution in [3.63, 3.8) is 0 Å². The van der Waals surface area contributed by atoms with Gasteiger partial charge in [-0.3, -0.25) is 4.79 Å². The van der Waals surface area contributed by atoms with Gasteiger partial charge in [-0.1, -0.05) is 91.0 Å². The van der Waals surface area contributed by atoms with Crippen molar-refractivity contribution in [2.75, 3.05) is 23.7 Å². The third-order valence-electron chi connectivity index (χ3n) is 7.85. The van der Waals surface area contributed by atoms with Crippen LogP contribution in [-0.4, -0.2) is 29.2 Å². The lowest BCUT2D eigenvalue weighted by Crippen LogP contribution is -2.24. The van der Waals surface area contributed by atoms with Crippen molar-refractivity contribution in [2.45, 2.75) is 19.1 Å². The molecule has 0 fully saturated rings. The molecule has 6 rings (SSSR count). The number of amides is 2. The molecular weight excluding hydrogens is 588 g/mol. The predicted octanol–water partition coefficient (Wildman–Crippen LogP) is 7.28. The first-order chi connectivity index (χ1) is 23.0. The standard InChI is InChI=1S/C39H36N4O4/c44-35(33-18-20-36(38-34(33)19-21-37(45)43-38)47-26-28-8-3-1-4-9-28)25-40-23-22-27-10-7-13-32(24-27)42-39(46)41-31-16-14-30(15-17-31)29-11-5-2-6-12-29/h1-21,24,35,40,44H,22-23,25-26H2,(H,43,45)(H2,41,42,46)/t35-/m1/s1. The number of anilines is 2. The minimum atomic E-state index is -0.801. The number of rotatable bonds is 12. The highest BCUT2D eigenvalue weighted by atomic mass is 16.5. The summed E-state index contributed by atoms with van der Waals surface area (Å²) in [6.07, 6.45) is -0.101. The summed E-state index contributed by atoms with van der Waals surface area (Å²) < 4.78 is 6.03. The Morgan fingerprint density at radius 3 is 2.21 bits per heavy atom. The van der Waals surface area contributed by atoms with E-state index >= 15 is 0 Å². The van der Waals surface area contributed by atoms with Crippen molar-refractivity contribution in [1.29, 1.82) is 0 Å². The Morgan fingerprint density at radius 2 is 1.43 bits per heavy atom. The van der Waals surface area contributed by atoms with E-state index in [9.17, 15) is 14.7 Å². The highest BCUT2D eigenvalue weighted by Crippen LogP contribution is 2.30. The largest absolute Gasteiger partial charge is 0.487 e. The molecule has 0 saturated carbocycles. The molecule has 236 valence electrons. The molecule has 0 bridgehead atoms. The van der Waals surface area contributed by atoms with Gasteiger partial charge in [-0.15, -0.1) is 0 Å². The summed E-state index contributed by atoms with van der Waals surface area (Å²) in [5.41, 5.74) is 6.67. The van der Waals surface area contributed by atoms with Crippen molar-refractivity contribution in [3.05, 3.63) is 161 Å². The molecule has 5 aromatic carbocycles. The predicted molar refractivity (Wildman–Crippen MR) is 188 cm³/mol. The van der Waals surface area contributed by atoms with Gasteiger partial charge in [0.25, 0.3) is 0 Å². The second kappa shape index (κ2) is 15.1. The first kappa shape index (κ1) is 31.3. The monoisotopic (exact) mass is 624 g/mol. The van der Waals surface area contributed by atoms with Gasteiger partial charge < -0.3 is 30.8 Å². The van der Waals surface area contributed by atoms with Crippen LogP contribution in [0.25, 0.3) is 22.0 Å². The molecule has 0 unspecified atom stereocenters. The second-order valence-electron chi connectivity index (χ2n) is 11.2. The van der Waals surface area contributed by atoms with Crippen LogP contribution < -0.4 is 26.2 Å². The Balaban J connectivity index is 1.00. The van der Waals surface area contributed by atoms with Crippen LogP contribution in [0.2, 0.25) is 0 Å². The summed E-state index contributed by atoms with van der Waals surface area (Å²) in [6.45, 7) is 1.30. The van der Waals surface area contributed by atoms with Crippen LogP contribution in [0.4, 0.5) is 16.2 Å². The van der Waals surface area contributed by atoms with Gasteiger partial charge in [-0.25, -0.2) is 4.79 Å². The Bertz CT molecular complexity index is 1990. The molecule has 0 spiro atoms. The van der Waals surface area contributed by atoms with Gasteiger partial charge in [-0.05, 0) is 77.2 Å². The smallest absolute Gasteiger partial charge is 0.323 e. The van der Waals surface area contributed by atoms with Gasteiger partial charge in [0.05, 0.1) is 11.6 Å². The average Bonchev–Trinajstić information content (AvgIpc) is 3.10. The topological polar surface area (TPSA) is 115 Å². The number of ether oxygens (including phenoxy) is 1. The van der Waals surface area contributed by atoms with Crippen molar-refractivity contribution in [1.82, 2.24) is 10.3 Å². The summed E-state index contributed by atoms with van der Waals surface area (Å²) in [5.74, 6) is 0.550. The van der Waals surface area contributed by atoms with Gasteiger partial charge in [0.2, 0.25) is 5.56 Å². The number of carbonyl (C=O) groups is 1. The van der Waals surface area contributed by atoms with Crippen LogP contribution in [0.3, 0.4) is 0 Å². The molecule has 47 heavy (non-hydrogen) atoms. The highest BCUT2D eigenvalue weighted by molar-refractivity contribution is 6.00. The van der Waals surface area contributed by atoms with E-state index in [4.69, 9.17) is 4.74 Å². The molecule has 2 amide bonds. The summed E-state index contributed by atoms with van der Waals surface area (Å²) in [5, 5.41) is 20.9. The van der Waals surface area contributed by atoms with E-state index in [0.717, 1.165) is 27.6 Å². The number of aliphatic hydroxyl groups is 1. The zero-order valence-electron chi connectivity index (χ0n) is 25.8. The molecule has 1 aromatic heterocycles. The summed E-state index contributed by atoms with van der Waals surface area (Å²) in [7, 11) is 0. The van der Waals surface area contributed by atoms with E-state index < -0.39 is 6.10 Å². The fourth-order valence-electron chi connectivity index (χ4n) is 5.45. The first-order valence-corrected chi connectivity index (χ1v) is 15.6. The summed E-state index contributed by atoms with van der Waals surface area (Å²) >= 11 is 0. The number of nitrogens with one attached hydrogen (secondary N) is 4. The first-order valence-electron chi connectivity index (χ1n) is 15.6. The zero-order valence-corrected chi connectivity index (χ0v) is 25.8. The van der Waals surface area contributed by atoms with Crippen molar-refractivity contribution in [3.8, 4) is 16.9 Å². The average molecular weight is 625 g/mol. The van der Waals surface area contributed by atoms with Gasteiger partial charge >= 0.3 is 6.03 Å². The Labute approximate surface area is 273 Å². The molecule has 5 N–H and O–H groups in total.